The third kappa shape index (κ3) is 3.13. The molecule has 0 aromatic heterocycles. The van der Waals surface area contributed by atoms with Gasteiger partial charge >= 0.3 is 0 Å². The molecule has 0 fully saturated rings. The van der Waals surface area contributed by atoms with Crippen LogP contribution in [0.4, 0.5) is 5.69 Å². The fraction of sp³-hybridized carbons (Fsp3) is 0.278. The Kier molecular flexibility index (Phi) is 4.02. The smallest absolute Gasteiger partial charge is 0.231 e. The van der Waals surface area contributed by atoms with E-state index in [0.29, 0.717) is 6.42 Å². The Morgan fingerprint density at radius 3 is 2.71 bits per heavy atom. The molecule has 1 aliphatic heterocycles. The van der Waals surface area contributed by atoms with Crippen molar-refractivity contribution >= 4 is 24.2 Å². The predicted octanol–water partition coefficient (Wildman–Crippen LogP) is 3.81. The van der Waals surface area contributed by atoms with Crippen molar-refractivity contribution < 1.29 is 4.79 Å². The van der Waals surface area contributed by atoms with Gasteiger partial charge in [0.15, 0.2) is 0 Å². The first kappa shape index (κ1) is 14.2. The number of hydrogen-bond donors (Lipinski definition) is 1. The van der Waals surface area contributed by atoms with E-state index in [2.05, 4.69) is 37.8 Å². The molecule has 3 rings (SSSR count). The fourth-order valence-corrected chi connectivity index (χ4v) is 3.02. The predicted molar refractivity (Wildman–Crippen MR) is 89.3 cm³/mol. The van der Waals surface area contributed by atoms with Gasteiger partial charge in [0.2, 0.25) is 5.91 Å². The lowest BCUT2D eigenvalue weighted by Crippen LogP contribution is -2.36. The Morgan fingerprint density at radius 2 is 1.95 bits per heavy atom. The van der Waals surface area contributed by atoms with Crippen LogP contribution in [0.3, 0.4) is 0 Å². The molecule has 0 saturated carbocycles. The second-order valence-electron chi connectivity index (χ2n) is 5.62. The quantitative estimate of drug-likeness (QED) is 0.836. The largest absolute Gasteiger partial charge is 0.312 e. The molecular weight excluding hydrogens is 278 g/mol. The molecule has 0 radical (unpaired) electrons. The molecule has 0 unspecified atom stereocenters. The zero-order chi connectivity index (χ0) is 14.8. The second-order valence-corrected chi connectivity index (χ2v) is 6.14. The first-order valence-corrected chi connectivity index (χ1v) is 7.76. The highest BCUT2D eigenvalue weighted by atomic mass is 32.1. The van der Waals surface area contributed by atoms with Crippen LogP contribution in [0.5, 0.6) is 0 Å². The van der Waals surface area contributed by atoms with E-state index in [0.717, 1.165) is 35.5 Å². The van der Waals surface area contributed by atoms with E-state index in [1.807, 2.05) is 29.2 Å². The zero-order valence-corrected chi connectivity index (χ0v) is 13.1. The highest BCUT2D eigenvalue weighted by Gasteiger charge is 2.22. The van der Waals surface area contributed by atoms with Gasteiger partial charge < -0.3 is 4.90 Å². The Labute approximate surface area is 131 Å². The molecule has 2 nitrogen and oxygen atoms in total. The first-order chi connectivity index (χ1) is 10.1. The number of aryl methyl sites for hydroxylation is 2. The van der Waals surface area contributed by atoms with Crippen LogP contribution < -0.4 is 4.90 Å². The van der Waals surface area contributed by atoms with E-state index in [1.54, 1.807) is 0 Å². The topological polar surface area (TPSA) is 20.3 Å². The molecule has 2 aromatic rings. The van der Waals surface area contributed by atoms with Crippen molar-refractivity contribution in [1.82, 2.24) is 0 Å². The highest BCUT2D eigenvalue weighted by Crippen LogP contribution is 2.28. The maximum Gasteiger partial charge on any atom is 0.231 e. The van der Waals surface area contributed by atoms with Crippen LogP contribution in [0.2, 0.25) is 0 Å². The summed E-state index contributed by atoms with van der Waals surface area (Å²) < 4.78 is 0. The molecule has 0 bridgehead atoms. The molecule has 0 atom stereocenters. The fourth-order valence-electron chi connectivity index (χ4n) is 2.87. The lowest BCUT2D eigenvalue weighted by molar-refractivity contribution is -0.118. The van der Waals surface area contributed by atoms with Gasteiger partial charge in [-0.05, 0) is 49.1 Å². The molecule has 0 saturated heterocycles. The lowest BCUT2D eigenvalue weighted by Gasteiger charge is -2.30. The summed E-state index contributed by atoms with van der Waals surface area (Å²) in [6.07, 6.45) is 2.55. The number of rotatable bonds is 2. The molecule has 0 aliphatic carbocycles. The number of hydrogen-bond acceptors (Lipinski definition) is 2. The van der Waals surface area contributed by atoms with Gasteiger partial charge in [0.25, 0.3) is 0 Å². The third-order valence-electron chi connectivity index (χ3n) is 3.95. The summed E-state index contributed by atoms with van der Waals surface area (Å²) in [5.41, 5.74) is 4.67. The maximum absolute atomic E-state index is 12.6. The van der Waals surface area contributed by atoms with Gasteiger partial charge in [0, 0.05) is 17.1 Å². The number of benzene rings is 2. The highest BCUT2D eigenvalue weighted by molar-refractivity contribution is 7.80. The number of amides is 1. The minimum Gasteiger partial charge on any atom is -0.312 e. The van der Waals surface area contributed by atoms with Crippen molar-refractivity contribution in [3.05, 3.63) is 59.2 Å². The summed E-state index contributed by atoms with van der Waals surface area (Å²) in [5.74, 6) is 0.173. The Bertz CT molecular complexity index is 663. The molecule has 21 heavy (non-hydrogen) atoms. The van der Waals surface area contributed by atoms with Crippen LogP contribution in [0.1, 0.15) is 23.1 Å². The maximum atomic E-state index is 12.6. The molecule has 3 heteroatoms. The van der Waals surface area contributed by atoms with E-state index in [1.165, 1.54) is 11.1 Å². The van der Waals surface area contributed by atoms with Crippen molar-refractivity contribution in [2.75, 3.05) is 11.4 Å². The van der Waals surface area contributed by atoms with Gasteiger partial charge in [0.1, 0.15) is 0 Å². The molecule has 1 heterocycles. The average molecular weight is 297 g/mol. The van der Waals surface area contributed by atoms with Crippen LogP contribution >= 0.6 is 12.6 Å². The van der Waals surface area contributed by atoms with E-state index >= 15 is 0 Å². The normalized spacial score (nSPS) is 13.9. The van der Waals surface area contributed by atoms with E-state index in [-0.39, 0.29) is 5.91 Å². The minimum absolute atomic E-state index is 0.173. The summed E-state index contributed by atoms with van der Waals surface area (Å²) in [6, 6.07) is 14.2. The zero-order valence-electron chi connectivity index (χ0n) is 12.2. The van der Waals surface area contributed by atoms with E-state index < -0.39 is 0 Å². The molecule has 1 amide bonds. The van der Waals surface area contributed by atoms with Crippen molar-refractivity contribution in [1.29, 1.82) is 0 Å². The number of fused-ring (bicyclic) bond motifs is 1. The molecule has 0 N–H and O–H groups in total. The average Bonchev–Trinajstić information content (AvgIpc) is 2.48. The Balaban J connectivity index is 1.81. The minimum atomic E-state index is 0.173. The van der Waals surface area contributed by atoms with Gasteiger partial charge in [-0.1, -0.05) is 29.8 Å². The number of nitrogens with zero attached hydrogens (tertiary/aromatic N) is 1. The van der Waals surface area contributed by atoms with Gasteiger partial charge in [-0.15, -0.1) is 12.6 Å². The molecule has 108 valence electrons. The standard InChI is InChI=1S/C18H19NOS/c1-13-4-9-17-15(11-13)3-2-10-19(17)18(20)12-14-5-7-16(21)8-6-14/h4-9,11,21H,2-3,10,12H2,1H3. The molecule has 0 spiro atoms. The Hall–Kier alpha value is -1.74. The van der Waals surface area contributed by atoms with E-state index in [9.17, 15) is 4.79 Å². The van der Waals surface area contributed by atoms with Gasteiger partial charge in [-0.25, -0.2) is 0 Å². The third-order valence-corrected chi connectivity index (χ3v) is 4.24. The van der Waals surface area contributed by atoms with Crippen LogP contribution in [0, 0.1) is 6.92 Å². The summed E-state index contributed by atoms with van der Waals surface area (Å²) in [7, 11) is 0. The number of carbonyl (C=O) groups is 1. The lowest BCUT2D eigenvalue weighted by atomic mass is 9.99. The van der Waals surface area contributed by atoms with Crippen LogP contribution in [0.15, 0.2) is 47.4 Å². The summed E-state index contributed by atoms with van der Waals surface area (Å²) in [6.45, 7) is 2.92. The van der Waals surface area contributed by atoms with Gasteiger partial charge in [0.05, 0.1) is 6.42 Å². The summed E-state index contributed by atoms with van der Waals surface area (Å²) in [4.78, 5) is 15.5. The first-order valence-electron chi connectivity index (χ1n) is 7.31. The van der Waals surface area contributed by atoms with Crippen molar-refractivity contribution in [3.63, 3.8) is 0 Å². The van der Waals surface area contributed by atoms with Crippen LogP contribution in [0.25, 0.3) is 0 Å². The van der Waals surface area contributed by atoms with Crippen molar-refractivity contribution in [2.45, 2.75) is 31.1 Å². The number of carbonyl (C=O) groups excluding carboxylic acids is 1. The monoisotopic (exact) mass is 297 g/mol. The number of thiol groups is 1. The second kappa shape index (κ2) is 5.94. The summed E-state index contributed by atoms with van der Waals surface area (Å²) in [5, 5.41) is 0. The molecule has 2 aromatic carbocycles. The van der Waals surface area contributed by atoms with Gasteiger partial charge in [-0.3, -0.25) is 4.79 Å². The number of anilines is 1. The van der Waals surface area contributed by atoms with Crippen molar-refractivity contribution in [3.8, 4) is 0 Å². The molecular formula is C18H19NOS. The SMILES string of the molecule is Cc1ccc2c(c1)CCCN2C(=O)Cc1ccc(S)cc1. The Morgan fingerprint density at radius 1 is 1.19 bits per heavy atom. The van der Waals surface area contributed by atoms with Gasteiger partial charge in [-0.2, -0.15) is 0 Å². The van der Waals surface area contributed by atoms with Crippen LogP contribution in [-0.2, 0) is 17.6 Å². The molecule has 1 aliphatic rings. The van der Waals surface area contributed by atoms with Crippen molar-refractivity contribution in [2.24, 2.45) is 0 Å². The van der Waals surface area contributed by atoms with Crippen LogP contribution in [-0.4, -0.2) is 12.5 Å². The van der Waals surface area contributed by atoms with E-state index in [4.69, 9.17) is 0 Å². The summed E-state index contributed by atoms with van der Waals surface area (Å²) >= 11 is 4.28.